The van der Waals surface area contributed by atoms with Crippen LogP contribution in [-0.2, 0) is 16.4 Å². The van der Waals surface area contributed by atoms with Crippen molar-refractivity contribution in [2.75, 3.05) is 13.1 Å². The third-order valence-electron chi connectivity index (χ3n) is 4.21. The van der Waals surface area contributed by atoms with Crippen LogP contribution in [0.5, 0.6) is 0 Å². The summed E-state index contributed by atoms with van der Waals surface area (Å²) in [6.07, 6.45) is 1.56. The summed E-state index contributed by atoms with van der Waals surface area (Å²) >= 11 is 0. The maximum absolute atomic E-state index is 12.5. The monoisotopic (exact) mass is 333 g/mol. The van der Waals surface area contributed by atoms with Gasteiger partial charge < -0.3 is 5.11 Å². The molecule has 1 fully saturated rings. The highest BCUT2D eigenvalue weighted by Gasteiger charge is 2.26. The molecular formula is C15H21F2NO3S. The maximum atomic E-state index is 12.5. The molecule has 0 radical (unpaired) electrons. The molecule has 1 aromatic rings. The number of aliphatic hydroxyl groups is 1. The summed E-state index contributed by atoms with van der Waals surface area (Å²) in [5.41, 5.74) is 0.892. The van der Waals surface area contributed by atoms with Crippen molar-refractivity contribution < 1.29 is 22.3 Å². The summed E-state index contributed by atoms with van der Waals surface area (Å²) in [6, 6.07) is 5.63. The SMILES string of the molecule is CC(O)C1CCN(Cc2ccc(S(=O)(=O)C(F)F)cc2)CC1. The second-order valence-electron chi connectivity index (χ2n) is 5.80. The van der Waals surface area contributed by atoms with Crippen molar-refractivity contribution in [1.29, 1.82) is 0 Å². The molecule has 1 atom stereocenters. The van der Waals surface area contributed by atoms with Gasteiger partial charge in [-0.25, -0.2) is 8.42 Å². The smallest absolute Gasteiger partial charge is 0.341 e. The zero-order valence-electron chi connectivity index (χ0n) is 12.5. The van der Waals surface area contributed by atoms with Gasteiger partial charge in [0, 0.05) is 6.54 Å². The van der Waals surface area contributed by atoms with E-state index in [0.29, 0.717) is 12.5 Å². The minimum Gasteiger partial charge on any atom is -0.393 e. The fourth-order valence-corrected chi connectivity index (χ4v) is 3.46. The summed E-state index contributed by atoms with van der Waals surface area (Å²) in [4.78, 5) is 1.87. The van der Waals surface area contributed by atoms with Gasteiger partial charge in [0.1, 0.15) is 0 Å². The highest BCUT2D eigenvalue weighted by molar-refractivity contribution is 7.91. The van der Waals surface area contributed by atoms with Crippen LogP contribution >= 0.6 is 0 Å². The van der Waals surface area contributed by atoms with Gasteiger partial charge in [-0.15, -0.1) is 0 Å². The fourth-order valence-electron chi connectivity index (χ4n) is 2.74. The van der Waals surface area contributed by atoms with Crippen molar-refractivity contribution in [2.24, 2.45) is 5.92 Å². The van der Waals surface area contributed by atoms with Crippen LogP contribution in [-0.4, -0.2) is 43.4 Å². The van der Waals surface area contributed by atoms with Crippen molar-refractivity contribution in [3.63, 3.8) is 0 Å². The average molecular weight is 333 g/mol. The second kappa shape index (κ2) is 7.02. The largest absolute Gasteiger partial charge is 0.393 e. The van der Waals surface area contributed by atoms with Gasteiger partial charge in [-0.1, -0.05) is 12.1 Å². The van der Waals surface area contributed by atoms with Gasteiger partial charge in [-0.05, 0) is 56.5 Å². The lowest BCUT2D eigenvalue weighted by atomic mass is 9.92. The minimum absolute atomic E-state index is 0.291. The summed E-state index contributed by atoms with van der Waals surface area (Å²) in [5, 5.41) is 9.57. The van der Waals surface area contributed by atoms with Crippen LogP contribution in [0.15, 0.2) is 29.2 Å². The molecule has 1 unspecified atom stereocenters. The Morgan fingerprint density at radius 1 is 1.23 bits per heavy atom. The molecule has 0 aromatic heterocycles. The number of benzene rings is 1. The van der Waals surface area contributed by atoms with Gasteiger partial charge in [-0.2, -0.15) is 8.78 Å². The van der Waals surface area contributed by atoms with Gasteiger partial charge in [0.05, 0.1) is 11.0 Å². The van der Waals surface area contributed by atoms with E-state index < -0.39 is 15.6 Å². The average Bonchev–Trinajstić information content (AvgIpc) is 2.48. The van der Waals surface area contributed by atoms with Crippen molar-refractivity contribution in [3.8, 4) is 0 Å². The van der Waals surface area contributed by atoms with E-state index in [1.165, 1.54) is 12.1 Å². The third-order valence-corrected chi connectivity index (χ3v) is 5.61. The van der Waals surface area contributed by atoms with Gasteiger partial charge in [0.15, 0.2) is 0 Å². The van der Waals surface area contributed by atoms with Crippen molar-refractivity contribution >= 4 is 9.84 Å². The number of hydrogen-bond acceptors (Lipinski definition) is 4. The molecule has 4 nitrogen and oxygen atoms in total. The molecule has 1 aromatic carbocycles. The number of aliphatic hydroxyl groups excluding tert-OH is 1. The molecule has 124 valence electrons. The highest BCUT2D eigenvalue weighted by atomic mass is 32.2. The predicted octanol–water partition coefficient (Wildman–Crippen LogP) is 2.28. The molecular weight excluding hydrogens is 312 g/mol. The lowest BCUT2D eigenvalue weighted by Crippen LogP contribution is -2.36. The summed E-state index contributed by atoms with van der Waals surface area (Å²) in [5.74, 6) is -3.06. The Balaban J connectivity index is 1.96. The van der Waals surface area contributed by atoms with Gasteiger partial charge in [0.2, 0.25) is 9.84 Å². The second-order valence-corrected chi connectivity index (χ2v) is 7.72. The van der Waals surface area contributed by atoms with E-state index in [4.69, 9.17) is 0 Å². The molecule has 0 spiro atoms. The Labute approximate surface area is 129 Å². The lowest BCUT2D eigenvalue weighted by molar-refractivity contribution is 0.0695. The number of nitrogens with zero attached hydrogens (tertiary/aromatic N) is 1. The van der Waals surface area contributed by atoms with E-state index >= 15 is 0 Å². The summed E-state index contributed by atoms with van der Waals surface area (Å²) in [6.45, 7) is 4.20. The standard InChI is InChI=1S/C15H21F2NO3S/c1-11(19)13-6-8-18(9-7-13)10-12-2-4-14(5-3-12)22(20,21)15(16)17/h2-5,11,13,15,19H,6-10H2,1H3. The number of rotatable bonds is 5. The Kier molecular flexibility index (Phi) is 5.52. The zero-order valence-corrected chi connectivity index (χ0v) is 13.3. The van der Waals surface area contributed by atoms with Crippen molar-refractivity contribution in [2.45, 2.75) is 43.1 Å². The van der Waals surface area contributed by atoms with E-state index in [0.717, 1.165) is 31.5 Å². The van der Waals surface area contributed by atoms with Gasteiger partial charge >= 0.3 is 5.76 Å². The Hall–Kier alpha value is -1.05. The molecule has 1 N–H and O–H groups in total. The first-order valence-corrected chi connectivity index (χ1v) is 8.86. The van der Waals surface area contributed by atoms with Crippen LogP contribution in [0.4, 0.5) is 8.78 Å². The van der Waals surface area contributed by atoms with Crippen molar-refractivity contribution in [3.05, 3.63) is 29.8 Å². The molecule has 0 aliphatic carbocycles. The Morgan fingerprint density at radius 3 is 2.23 bits per heavy atom. The number of alkyl halides is 2. The van der Waals surface area contributed by atoms with Crippen LogP contribution in [0.3, 0.4) is 0 Å². The van der Waals surface area contributed by atoms with E-state index in [-0.39, 0.29) is 11.0 Å². The quantitative estimate of drug-likeness (QED) is 0.898. The number of sulfone groups is 1. The van der Waals surface area contributed by atoms with Crippen LogP contribution in [0.25, 0.3) is 0 Å². The summed E-state index contributed by atoms with van der Waals surface area (Å²) in [7, 11) is -4.52. The molecule has 0 saturated carbocycles. The molecule has 1 saturated heterocycles. The fraction of sp³-hybridized carbons (Fsp3) is 0.600. The number of hydrogen-bond donors (Lipinski definition) is 1. The lowest BCUT2D eigenvalue weighted by Gasteiger charge is -2.33. The van der Waals surface area contributed by atoms with Crippen LogP contribution in [0, 0.1) is 5.92 Å². The Morgan fingerprint density at radius 2 is 1.77 bits per heavy atom. The van der Waals surface area contributed by atoms with E-state index in [2.05, 4.69) is 4.90 Å². The molecule has 2 rings (SSSR count). The minimum atomic E-state index is -4.52. The first-order valence-electron chi connectivity index (χ1n) is 7.32. The normalized spacial score (nSPS) is 19.5. The topological polar surface area (TPSA) is 57.6 Å². The van der Waals surface area contributed by atoms with E-state index in [9.17, 15) is 22.3 Å². The first kappa shape index (κ1) is 17.3. The zero-order chi connectivity index (χ0) is 16.3. The molecule has 1 heterocycles. The van der Waals surface area contributed by atoms with Crippen LogP contribution in [0.2, 0.25) is 0 Å². The third kappa shape index (κ3) is 4.02. The van der Waals surface area contributed by atoms with E-state index in [1.807, 2.05) is 6.92 Å². The summed E-state index contributed by atoms with van der Waals surface area (Å²) < 4.78 is 47.6. The molecule has 1 aliphatic rings. The highest BCUT2D eigenvalue weighted by Crippen LogP contribution is 2.23. The van der Waals surface area contributed by atoms with Gasteiger partial charge in [0.25, 0.3) is 0 Å². The van der Waals surface area contributed by atoms with Crippen molar-refractivity contribution in [1.82, 2.24) is 4.90 Å². The molecule has 1 aliphatic heterocycles. The van der Waals surface area contributed by atoms with Crippen LogP contribution in [0.1, 0.15) is 25.3 Å². The van der Waals surface area contributed by atoms with Gasteiger partial charge in [-0.3, -0.25) is 4.90 Å². The first-order chi connectivity index (χ1) is 10.3. The molecule has 22 heavy (non-hydrogen) atoms. The molecule has 7 heteroatoms. The molecule has 0 bridgehead atoms. The maximum Gasteiger partial charge on any atom is 0.341 e. The van der Waals surface area contributed by atoms with E-state index in [1.54, 1.807) is 12.1 Å². The number of likely N-dealkylation sites (tertiary alicyclic amines) is 1. The molecule has 0 amide bonds. The van der Waals surface area contributed by atoms with Crippen LogP contribution < -0.4 is 0 Å². The Bertz CT molecular complexity index is 579. The predicted molar refractivity (Wildman–Crippen MR) is 79.3 cm³/mol. The number of piperidine rings is 1. The number of halogens is 2.